The lowest BCUT2D eigenvalue weighted by atomic mass is 9.70. The van der Waals surface area contributed by atoms with Crippen molar-refractivity contribution < 1.29 is 23.0 Å². The summed E-state index contributed by atoms with van der Waals surface area (Å²) in [5.41, 5.74) is 0.706. The Balaban J connectivity index is 1.12. The lowest BCUT2D eigenvalue weighted by Gasteiger charge is -2.38. The van der Waals surface area contributed by atoms with Crippen LogP contribution in [0.5, 0.6) is 0 Å². The molecule has 0 aromatic heterocycles. The highest BCUT2D eigenvalue weighted by Gasteiger charge is 2.31. The van der Waals surface area contributed by atoms with Gasteiger partial charge >= 0.3 is 0 Å². The van der Waals surface area contributed by atoms with Crippen LogP contribution in [0.4, 0.5) is 8.78 Å². The normalized spacial score (nSPS) is 31.2. The van der Waals surface area contributed by atoms with Crippen molar-refractivity contribution in [2.24, 2.45) is 17.8 Å². The number of hydrogen-bond acceptors (Lipinski definition) is 3. The number of halogens is 2. The third-order valence-corrected chi connectivity index (χ3v) is 7.25. The van der Waals surface area contributed by atoms with Crippen molar-refractivity contribution in [3.05, 3.63) is 35.4 Å². The maximum atomic E-state index is 13.3. The topological polar surface area (TPSA) is 27.7 Å². The van der Waals surface area contributed by atoms with Gasteiger partial charge < -0.3 is 14.2 Å². The Morgan fingerprint density at radius 2 is 1.45 bits per heavy atom. The first kappa shape index (κ1) is 21.2. The Morgan fingerprint density at radius 3 is 2.10 bits per heavy atom. The molecule has 3 nitrogen and oxygen atoms in total. The van der Waals surface area contributed by atoms with Crippen molar-refractivity contribution in [3.8, 4) is 0 Å². The van der Waals surface area contributed by atoms with E-state index in [2.05, 4.69) is 0 Å². The molecule has 0 N–H and O–H groups in total. The van der Waals surface area contributed by atoms with Crippen molar-refractivity contribution in [1.29, 1.82) is 0 Å². The molecular formula is C24H34F2O3. The van der Waals surface area contributed by atoms with Crippen LogP contribution in [0.1, 0.15) is 69.8 Å². The zero-order valence-electron chi connectivity index (χ0n) is 17.3. The predicted octanol–water partition coefficient (Wildman–Crippen LogP) is 6.00. The van der Waals surface area contributed by atoms with E-state index < -0.39 is 11.6 Å². The van der Waals surface area contributed by atoms with Gasteiger partial charge in [0.05, 0.1) is 25.9 Å². The Hall–Kier alpha value is -1.04. The van der Waals surface area contributed by atoms with Crippen molar-refractivity contribution in [2.45, 2.75) is 83.2 Å². The summed E-state index contributed by atoms with van der Waals surface area (Å²) in [5.74, 6) is 0.950. The van der Waals surface area contributed by atoms with Crippen LogP contribution in [0.15, 0.2) is 18.2 Å². The molecule has 1 saturated heterocycles. The molecule has 0 radical (unpaired) electrons. The summed E-state index contributed by atoms with van der Waals surface area (Å²) in [5, 5.41) is 0. The van der Waals surface area contributed by atoms with Crippen LogP contribution in [-0.2, 0) is 20.8 Å². The third kappa shape index (κ3) is 5.99. The molecule has 1 aromatic rings. The number of hydrogen-bond donors (Lipinski definition) is 0. The van der Waals surface area contributed by atoms with Crippen LogP contribution in [0.2, 0.25) is 0 Å². The first-order chi connectivity index (χ1) is 14.2. The zero-order chi connectivity index (χ0) is 20.1. The molecule has 1 heterocycles. The highest BCUT2D eigenvalue weighted by molar-refractivity contribution is 5.16. The summed E-state index contributed by atoms with van der Waals surface area (Å²) in [6.45, 7) is 1.88. The van der Waals surface area contributed by atoms with E-state index in [-0.39, 0.29) is 12.4 Å². The summed E-state index contributed by atoms with van der Waals surface area (Å²) in [6.07, 6.45) is 12.7. The average Bonchev–Trinajstić information content (AvgIpc) is 3.28. The molecule has 29 heavy (non-hydrogen) atoms. The van der Waals surface area contributed by atoms with E-state index in [0.717, 1.165) is 50.2 Å². The quantitative estimate of drug-likeness (QED) is 0.554. The van der Waals surface area contributed by atoms with Crippen LogP contribution < -0.4 is 0 Å². The maximum absolute atomic E-state index is 13.3. The van der Waals surface area contributed by atoms with Gasteiger partial charge in [0.2, 0.25) is 0 Å². The van der Waals surface area contributed by atoms with E-state index in [4.69, 9.17) is 14.2 Å². The highest BCUT2D eigenvalue weighted by atomic mass is 19.2. The van der Waals surface area contributed by atoms with Crippen molar-refractivity contribution >= 4 is 0 Å². The largest absolute Gasteiger partial charge is 0.374 e. The van der Waals surface area contributed by atoms with Gasteiger partial charge in [-0.1, -0.05) is 18.9 Å². The second-order valence-electron chi connectivity index (χ2n) is 9.13. The van der Waals surface area contributed by atoms with Crippen molar-refractivity contribution in [2.75, 3.05) is 13.2 Å². The Bertz CT molecular complexity index is 631. The summed E-state index contributed by atoms with van der Waals surface area (Å²) in [6, 6.07) is 4.02. The summed E-state index contributed by atoms with van der Waals surface area (Å²) in [4.78, 5) is 0. The Morgan fingerprint density at radius 1 is 0.793 bits per heavy atom. The third-order valence-electron chi connectivity index (χ3n) is 7.25. The fourth-order valence-corrected chi connectivity index (χ4v) is 5.46. The van der Waals surface area contributed by atoms with Crippen LogP contribution >= 0.6 is 0 Å². The van der Waals surface area contributed by atoms with E-state index in [1.807, 2.05) is 0 Å². The van der Waals surface area contributed by atoms with E-state index >= 15 is 0 Å². The van der Waals surface area contributed by atoms with Gasteiger partial charge in [0.1, 0.15) is 0 Å². The molecule has 0 unspecified atom stereocenters. The molecular weight excluding hydrogens is 374 g/mol. The minimum atomic E-state index is -0.802. The number of ether oxygens (including phenoxy) is 3. The maximum Gasteiger partial charge on any atom is 0.159 e. The van der Waals surface area contributed by atoms with Gasteiger partial charge in [-0.3, -0.25) is 0 Å². The van der Waals surface area contributed by atoms with Gasteiger partial charge in [0, 0.05) is 0 Å². The molecule has 0 amide bonds. The first-order valence-corrected chi connectivity index (χ1v) is 11.5. The van der Waals surface area contributed by atoms with Gasteiger partial charge in [-0.2, -0.15) is 0 Å². The van der Waals surface area contributed by atoms with Gasteiger partial charge in [-0.15, -0.1) is 0 Å². The van der Waals surface area contributed by atoms with Gasteiger partial charge in [0.25, 0.3) is 0 Å². The van der Waals surface area contributed by atoms with E-state index in [1.165, 1.54) is 57.1 Å². The lowest BCUT2D eigenvalue weighted by Crippen LogP contribution is -2.28. The smallest absolute Gasteiger partial charge is 0.159 e. The molecule has 0 spiro atoms. The van der Waals surface area contributed by atoms with Gasteiger partial charge in [-0.05, 0) is 86.8 Å². The number of benzene rings is 1. The molecule has 0 bridgehead atoms. The Kier molecular flexibility index (Phi) is 7.54. The minimum Gasteiger partial charge on any atom is -0.374 e. The van der Waals surface area contributed by atoms with E-state index in [1.54, 1.807) is 6.07 Å². The average molecular weight is 409 g/mol. The van der Waals surface area contributed by atoms with Crippen molar-refractivity contribution in [3.63, 3.8) is 0 Å². The summed E-state index contributed by atoms with van der Waals surface area (Å²) >= 11 is 0. The second kappa shape index (κ2) is 10.3. The molecule has 1 aliphatic heterocycles. The van der Waals surface area contributed by atoms with Gasteiger partial charge in [-0.25, -0.2) is 8.78 Å². The summed E-state index contributed by atoms with van der Waals surface area (Å²) in [7, 11) is 0. The monoisotopic (exact) mass is 408 g/mol. The molecule has 0 atom stereocenters. The van der Waals surface area contributed by atoms with Crippen LogP contribution in [0.3, 0.4) is 0 Å². The molecule has 2 saturated carbocycles. The van der Waals surface area contributed by atoms with Crippen molar-refractivity contribution in [1.82, 2.24) is 0 Å². The van der Waals surface area contributed by atoms with Crippen LogP contribution in [0, 0.1) is 29.4 Å². The van der Waals surface area contributed by atoms with Crippen LogP contribution in [-0.4, -0.2) is 25.6 Å². The first-order valence-electron chi connectivity index (χ1n) is 11.5. The van der Waals surface area contributed by atoms with E-state index in [0.29, 0.717) is 12.2 Å². The summed E-state index contributed by atoms with van der Waals surface area (Å²) < 4.78 is 43.4. The molecule has 3 aliphatic rings. The SMILES string of the molecule is Fc1ccc(CO[C@H]2CC[C@H]([C@H]3CC[C@H](CCC4OCCO4)CC3)CC2)cc1F. The molecule has 5 heteroatoms. The fourth-order valence-electron chi connectivity index (χ4n) is 5.46. The van der Waals surface area contributed by atoms with E-state index in [9.17, 15) is 8.78 Å². The molecule has 3 fully saturated rings. The Labute approximate surface area is 173 Å². The fraction of sp³-hybridized carbons (Fsp3) is 0.750. The standard InChI is InChI=1S/C24H34F2O3/c25-22-11-3-18(15-23(22)26)16-29-21-9-7-20(8-10-21)19-5-1-17(2-6-19)4-12-24-27-13-14-28-24/h3,11,15,17,19-21,24H,1-2,4-10,12-14,16H2/t17-,19-,20-,21-. The molecule has 4 rings (SSSR count). The second-order valence-corrected chi connectivity index (χ2v) is 9.13. The lowest BCUT2D eigenvalue weighted by molar-refractivity contribution is -0.0516. The molecule has 162 valence electrons. The minimum absolute atomic E-state index is 0.0504. The molecule has 2 aliphatic carbocycles. The molecule has 1 aromatic carbocycles. The van der Waals surface area contributed by atoms with Crippen LogP contribution in [0.25, 0.3) is 0 Å². The predicted molar refractivity (Wildman–Crippen MR) is 107 cm³/mol. The number of rotatable bonds is 7. The zero-order valence-corrected chi connectivity index (χ0v) is 17.3. The van der Waals surface area contributed by atoms with Gasteiger partial charge in [0.15, 0.2) is 17.9 Å². The highest BCUT2D eigenvalue weighted by Crippen LogP contribution is 2.41.